The first kappa shape index (κ1) is 18.7. The molecule has 0 unspecified atom stereocenters. The summed E-state index contributed by atoms with van der Waals surface area (Å²) in [6.45, 7) is 0.433. The summed E-state index contributed by atoms with van der Waals surface area (Å²) in [5, 5.41) is 12.3. The van der Waals surface area contributed by atoms with Gasteiger partial charge in [-0.2, -0.15) is 0 Å². The van der Waals surface area contributed by atoms with Crippen molar-refractivity contribution < 1.29 is 24.2 Å². The zero-order valence-corrected chi connectivity index (χ0v) is 14.1. The van der Waals surface area contributed by atoms with E-state index in [0.717, 1.165) is 18.4 Å². The maximum atomic E-state index is 12.1. The number of nitrogens with one attached hydrogen (secondary N) is 1. The molecular formula is C17H22ClNO5. The molecule has 1 heterocycles. The van der Waals surface area contributed by atoms with Gasteiger partial charge in [0.2, 0.25) is 5.91 Å². The van der Waals surface area contributed by atoms with Gasteiger partial charge in [0.25, 0.3) is 0 Å². The smallest absolute Gasteiger partial charge is 0.329 e. The van der Waals surface area contributed by atoms with Crippen LogP contribution in [0.15, 0.2) is 24.3 Å². The molecule has 1 aliphatic rings. The largest absolute Gasteiger partial charge is 0.480 e. The van der Waals surface area contributed by atoms with Crippen LogP contribution in [0, 0.1) is 0 Å². The molecule has 0 radical (unpaired) electrons. The average molecular weight is 356 g/mol. The molecule has 7 heteroatoms. The van der Waals surface area contributed by atoms with Crippen molar-refractivity contribution in [1.29, 1.82) is 0 Å². The van der Waals surface area contributed by atoms with Crippen molar-refractivity contribution in [2.75, 3.05) is 19.8 Å². The second-order valence-corrected chi connectivity index (χ2v) is 6.20. The van der Waals surface area contributed by atoms with Crippen molar-refractivity contribution in [3.63, 3.8) is 0 Å². The molecule has 1 aliphatic heterocycles. The van der Waals surface area contributed by atoms with E-state index in [9.17, 15) is 9.59 Å². The quantitative estimate of drug-likeness (QED) is 0.745. The van der Waals surface area contributed by atoms with E-state index < -0.39 is 18.7 Å². The van der Waals surface area contributed by atoms with Gasteiger partial charge in [-0.15, -0.1) is 0 Å². The number of hydrogen-bond acceptors (Lipinski definition) is 4. The summed E-state index contributed by atoms with van der Waals surface area (Å²) < 4.78 is 10.6. The third kappa shape index (κ3) is 6.47. The number of carbonyl (C=O) groups is 2. The molecule has 0 aromatic heterocycles. The van der Waals surface area contributed by atoms with Crippen LogP contribution in [-0.2, 0) is 25.5 Å². The van der Waals surface area contributed by atoms with E-state index in [2.05, 4.69) is 5.32 Å². The van der Waals surface area contributed by atoms with E-state index in [0.29, 0.717) is 31.1 Å². The molecule has 0 bridgehead atoms. The van der Waals surface area contributed by atoms with Gasteiger partial charge < -0.3 is 19.9 Å². The maximum absolute atomic E-state index is 12.1. The summed E-state index contributed by atoms with van der Waals surface area (Å²) >= 11 is 5.84. The fraction of sp³-hybridized carbons (Fsp3) is 0.529. The predicted octanol–water partition coefficient (Wildman–Crippen LogP) is 2.04. The zero-order chi connectivity index (χ0) is 17.4. The lowest BCUT2D eigenvalue weighted by atomic mass is 10.0. The van der Waals surface area contributed by atoms with E-state index in [-0.39, 0.29) is 11.9 Å². The standard InChI is InChI=1S/C17H22ClNO5/c18-13-6-4-12(5-7-13)2-1-3-16(20)19-14-8-9-23-10-15(14)24-11-17(21)22/h4-7,14-15H,1-3,8-11H2,(H,19,20)(H,21,22)/t14-,15-/m1/s1. The van der Waals surface area contributed by atoms with Gasteiger partial charge in [-0.1, -0.05) is 23.7 Å². The lowest BCUT2D eigenvalue weighted by Crippen LogP contribution is -2.50. The number of aryl methyl sites for hydroxylation is 1. The van der Waals surface area contributed by atoms with Crippen LogP contribution in [0.3, 0.4) is 0 Å². The minimum atomic E-state index is -1.03. The normalized spacial score (nSPS) is 20.5. The Hall–Kier alpha value is -1.63. The molecule has 0 saturated carbocycles. The first-order valence-electron chi connectivity index (χ1n) is 7.99. The molecule has 2 atom stereocenters. The third-order valence-electron chi connectivity index (χ3n) is 3.85. The lowest BCUT2D eigenvalue weighted by Gasteiger charge is -2.31. The number of carboxylic acid groups (broad SMARTS) is 1. The Bertz CT molecular complexity index is 548. The number of carbonyl (C=O) groups excluding carboxylic acids is 1. The highest BCUT2D eigenvalue weighted by Gasteiger charge is 2.28. The fourth-order valence-corrected chi connectivity index (χ4v) is 2.73. The van der Waals surface area contributed by atoms with E-state index in [1.54, 1.807) is 0 Å². The first-order valence-corrected chi connectivity index (χ1v) is 8.37. The summed E-state index contributed by atoms with van der Waals surface area (Å²) in [6, 6.07) is 7.37. The Balaban J connectivity index is 1.73. The van der Waals surface area contributed by atoms with Gasteiger partial charge in [0.05, 0.1) is 12.6 Å². The van der Waals surface area contributed by atoms with Crippen LogP contribution in [-0.4, -0.2) is 48.9 Å². The highest BCUT2D eigenvalue weighted by molar-refractivity contribution is 6.30. The molecule has 24 heavy (non-hydrogen) atoms. The van der Waals surface area contributed by atoms with Crippen LogP contribution in [0.1, 0.15) is 24.8 Å². The van der Waals surface area contributed by atoms with Gasteiger partial charge in [-0.3, -0.25) is 4.79 Å². The summed E-state index contributed by atoms with van der Waals surface area (Å²) in [4.78, 5) is 22.7. The number of benzene rings is 1. The molecule has 1 fully saturated rings. The van der Waals surface area contributed by atoms with Gasteiger partial charge in [0, 0.05) is 18.1 Å². The van der Waals surface area contributed by atoms with E-state index >= 15 is 0 Å². The van der Waals surface area contributed by atoms with E-state index in [4.69, 9.17) is 26.2 Å². The predicted molar refractivity (Wildman–Crippen MR) is 89.1 cm³/mol. The van der Waals surface area contributed by atoms with Crippen molar-refractivity contribution in [3.05, 3.63) is 34.9 Å². The molecule has 2 rings (SSSR count). The minimum Gasteiger partial charge on any atom is -0.480 e. The average Bonchev–Trinajstić information content (AvgIpc) is 2.56. The van der Waals surface area contributed by atoms with Gasteiger partial charge in [-0.05, 0) is 37.0 Å². The Morgan fingerprint density at radius 1 is 1.33 bits per heavy atom. The van der Waals surface area contributed by atoms with E-state index in [1.807, 2.05) is 24.3 Å². The van der Waals surface area contributed by atoms with Crippen LogP contribution in [0.5, 0.6) is 0 Å². The van der Waals surface area contributed by atoms with Crippen molar-refractivity contribution in [1.82, 2.24) is 5.32 Å². The highest BCUT2D eigenvalue weighted by Crippen LogP contribution is 2.14. The number of halogens is 1. The van der Waals surface area contributed by atoms with Crippen molar-refractivity contribution in [2.24, 2.45) is 0 Å². The molecular weight excluding hydrogens is 334 g/mol. The first-order chi connectivity index (χ1) is 11.5. The Morgan fingerprint density at radius 2 is 2.08 bits per heavy atom. The van der Waals surface area contributed by atoms with Gasteiger partial charge in [0.15, 0.2) is 0 Å². The number of hydrogen-bond donors (Lipinski definition) is 2. The number of rotatable bonds is 8. The molecule has 0 aliphatic carbocycles. The topological polar surface area (TPSA) is 84.9 Å². The maximum Gasteiger partial charge on any atom is 0.329 e. The molecule has 1 saturated heterocycles. The summed E-state index contributed by atoms with van der Waals surface area (Å²) in [7, 11) is 0. The second kappa shape index (κ2) is 9.61. The molecule has 2 N–H and O–H groups in total. The number of aliphatic carboxylic acids is 1. The Labute approximate surface area is 146 Å². The summed E-state index contributed by atoms with van der Waals surface area (Å²) in [5.74, 6) is -1.09. The van der Waals surface area contributed by atoms with Gasteiger partial charge >= 0.3 is 5.97 Å². The van der Waals surface area contributed by atoms with Crippen LogP contribution >= 0.6 is 11.6 Å². The fourth-order valence-electron chi connectivity index (χ4n) is 2.60. The van der Waals surface area contributed by atoms with Crippen LogP contribution in [0.4, 0.5) is 0 Å². The van der Waals surface area contributed by atoms with Crippen molar-refractivity contribution in [2.45, 2.75) is 37.8 Å². The van der Waals surface area contributed by atoms with Crippen molar-refractivity contribution >= 4 is 23.5 Å². The Kier molecular flexibility index (Phi) is 7.49. The zero-order valence-electron chi connectivity index (χ0n) is 13.4. The second-order valence-electron chi connectivity index (χ2n) is 5.76. The van der Waals surface area contributed by atoms with Crippen LogP contribution in [0.2, 0.25) is 5.02 Å². The third-order valence-corrected chi connectivity index (χ3v) is 4.11. The monoisotopic (exact) mass is 355 g/mol. The van der Waals surface area contributed by atoms with Gasteiger partial charge in [-0.25, -0.2) is 4.79 Å². The van der Waals surface area contributed by atoms with Crippen LogP contribution in [0.25, 0.3) is 0 Å². The number of ether oxygens (including phenoxy) is 2. The highest BCUT2D eigenvalue weighted by atomic mass is 35.5. The molecule has 1 aromatic rings. The molecule has 0 spiro atoms. The molecule has 132 valence electrons. The van der Waals surface area contributed by atoms with Gasteiger partial charge in [0.1, 0.15) is 12.7 Å². The molecule has 1 amide bonds. The van der Waals surface area contributed by atoms with Crippen molar-refractivity contribution in [3.8, 4) is 0 Å². The van der Waals surface area contributed by atoms with Crippen LogP contribution < -0.4 is 5.32 Å². The minimum absolute atomic E-state index is 0.0558. The Morgan fingerprint density at radius 3 is 2.79 bits per heavy atom. The summed E-state index contributed by atoms with van der Waals surface area (Å²) in [6.07, 6.45) is 2.14. The molecule has 6 nitrogen and oxygen atoms in total. The molecule has 1 aromatic carbocycles. The summed E-state index contributed by atoms with van der Waals surface area (Å²) in [5.41, 5.74) is 1.14. The number of amides is 1. The SMILES string of the molecule is O=C(O)CO[C@@H]1COCC[C@H]1NC(=O)CCCc1ccc(Cl)cc1. The van der Waals surface area contributed by atoms with E-state index in [1.165, 1.54) is 0 Å². The number of carboxylic acids is 1. The lowest BCUT2D eigenvalue weighted by molar-refractivity contribution is -0.149.